The summed E-state index contributed by atoms with van der Waals surface area (Å²) in [4.78, 5) is 4.33. The number of aromatic hydroxyl groups is 2. The van der Waals surface area contributed by atoms with Gasteiger partial charge in [-0.2, -0.15) is 13.2 Å². The summed E-state index contributed by atoms with van der Waals surface area (Å²) in [5.74, 6) is 0.448. The average molecular weight is 438 g/mol. The summed E-state index contributed by atoms with van der Waals surface area (Å²) in [6.45, 7) is 4.52. The van der Waals surface area contributed by atoms with Crippen LogP contribution in [0.25, 0.3) is 0 Å². The Kier molecular flexibility index (Phi) is 6.36. The van der Waals surface area contributed by atoms with E-state index in [-0.39, 0.29) is 11.8 Å². The number of hydrogen-bond donors (Lipinski definition) is 2. The van der Waals surface area contributed by atoms with E-state index in [9.17, 15) is 23.4 Å². The summed E-state index contributed by atoms with van der Waals surface area (Å²) in [6, 6.07) is 5.54. The first kappa shape index (κ1) is 21.9. The van der Waals surface area contributed by atoms with Crippen LogP contribution in [0.3, 0.4) is 0 Å². The minimum Gasteiger partial charge on any atom is -0.494 e. The van der Waals surface area contributed by atoms with E-state index in [1.807, 2.05) is 4.90 Å². The molecule has 0 radical (unpaired) electrons. The van der Waals surface area contributed by atoms with Crippen molar-refractivity contribution in [2.75, 3.05) is 37.6 Å². The van der Waals surface area contributed by atoms with Crippen molar-refractivity contribution in [1.82, 2.24) is 9.47 Å². The number of alkyl halides is 3. The topological polar surface area (TPSA) is 51.9 Å². The first-order valence-corrected chi connectivity index (χ1v) is 11.1. The molecule has 2 heterocycles. The molecule has 0 spiro atoms. The molecule has 2 aromatic rings. The third-order valence-corrected chi connectivity index (χ3v) is 6.54. The number of hydrogen-bond acceptors (Lipinski definition) is 4. The van der Waals surface area contributed by atoms with Crippen LogP contribution in [-0.4, -0.2) is 52.4 Å². The van der Waals surface area contributed by atoms with E-state index in [4.69, 9.17) is 0 Å². The van der Waals surface area contributed by atoms with E-state index in [1.165, 1.54) is 12.1 Å². The van der Waals surface area contributed by atoms with Crippen molar-refractivity contribution in [2.45, 2.75) is 51.2 Å². The Bertz CT molecular complexity index is 873. The van der Waals surface area contributed by atoms with Gasteiger partial charge >= 0.3 is 6.18 Å². The van der Waals surface area contributed by atoms with Gasteiger partial charge in [0.1, 0.15) is 0 Å². The van der Waals surface area contributed by atoms with Gasteiger partial charge in [0.05, 0.1) is 5.56 Å². The lowest BCUT2D eigenvalue weighted by molar-refractivity contribution is -0.137. The van der Waals surface area contributed by atoms with Crippen molar-refractivity contribution in [3.05, 3.63) is 41.0 Å². The van der Waals surface area contributed by atoms with Gasteiger partial charge in [-0.1, -0.05) is 6.07 Å². The van der Waals surface area contributed by atoms with Gasteiger partial charge in [0, 0.05) is 49.5 Å². The summed E-state index contributed by atoms with van der Waals surface area (Å²) >= 11 is 0. The zero-order valence-corrected chi connectivity index (χ0v) is 17.7. The molecule has 0 amide bonds. The molecule has 5 nitrogen and oxygen atoms in total. The van der Waals surface area contributed by atoms with Crippen LogP contribution in [0.4, 0.5) is 18.9 Å². The Balaban J connectivity index is 1.23. The van der Waals surface area contributed by atoms with Gasteiger partial charge in [-0.15, -0.1) is 0 Å². The van der Waals surface area contributed by atoms with Crippen LogP contribution in [0.1, 0.15) is 42.4 Å². The number of anilines is 1. The van der Waals surface area contributed by atoms with Gasteiger partial charge in [-0.25, -0.2) is 0 Å². The number of piperazine rings is 1. The summed E-state index contributed by atoms with van der Waals surface area (Å²) < 4.78 is 40.5. The number of rotatable bonds is 6. The molecule has 1 fully saturated rings. The third kappa shape index (κ3) is 4.79. The molecule has 1 saturated heterocycles. The smallest absolute Gasteiger partial charge is 0.416 e. The Morgan fingerprint density at radius 3 is 2.06 bits per heavy atom. The number of fused-ring (bicyclic) bond motifs is 1. The summed E-state index contributed by atoms with van der Waals surface area (Å²) in [5.41, 5.74) is 1.84. The highest BCUT2D eigenvalue weighted by Crippen LogP contribution is 2.38. The average Bonchev–Trinajstić information content (AvgIpc) is 3.01. The molecule has 1 aliphatic heterocycles. The van der Waals surface area contributed by atoms with Gasteiger partial charge in [-0.05, 0) is 63.3 Å². The molecule has 0 atom stereocenters. The Morgan fingerprint density at radius 1 is 0.839 bits per heavy atom. The predicted molar refractivity (Wildman–Crippen MR) is 114 cm³/mol. The maximum atomic E-state index is 12.9. The van der Waals surface area contributed by atoms with Gasteiger partial charge in [0.25, 0.3) is 0 Å². The Morgan fingerprint density at radius 2 is 1.45 bits per heavy atom. The predicted octanol–water partition coefficient (Wildman–Crippen LogP) is 4.40. The molecule has 1 aliphatic carbocycles. The normalized spacial score (nSPS) is 17.7. The van der Waals surface area contributed by atoms with Crippen LogP contribution in [0.5, 0.6) is 11.8 Å². The van der Waals surface area contributed by atoms with Crippen molar-refractivity contribution in [3.63, 3.8) is 0 Å². The highest BCUT2D eigenvalue weighted by molar-refractivity contribution is 5.50. The molecule has 2 aliphatic rings. The van der Waals surface area contributed by atoms with Crippen LogP contribution in [0.2, 0.25) is 0 Å². The first-order chi connectivity index (χ1) is 14.8. The zero-order valence-electron chi connectivity index (χ0n) is 17.7. The molecule has 1 aromatic carbocycles. The number of unbranched alkanes of at least 4 members (excludes halogenated alkanes) is 1. The second-order valence-corrected chi connectivity index (χ2v) is 8.55. The monoisotopic (exact) mass is 437 g/mol. The fraction of sp³-hybridized carbons (Fsp3) is 0.565. The number of benzene rings is 1. The number of nitrogens with zero attached hydrogens (tertiary/aromatic N) is 3. The fourth-order valence-corrected chi connectivity index (χ4v) is 4.75. The van der Waals surface area contributed by atoms with Gasteiger partial charge < -0.3 is 15.1 Å². The van der Waals surface area contributed by atoms with Crippen molar-refractivity contribution in [3.8, 4) is 11.8 Å². The first-order valence-electron chi connectivity index (χ1n) is 11.1. The lowest BCUT2D eigenvalue weighted by Gasteiger charge is -2.36. The van der Waals surface area contributed by atoms with Crippen LogP contribution in [0.15, 0.2) is 24.3 Å². The molecule has 4 rings (SSSR count). The molecule has 8 heteroatoms. The quantitative estimate of drug-likeness (QED) is 0.658. The van der Waals surface area contributed by atoms with Crippen LogP contribution in [-0.2, 0) is 25.6 Å². The molecule has 31 heavy (non-hydrogen) atoms. The SMILES string of the molecule is Oc1c2c(c(O)n1CCCCN1CCN(c3cccc(C(F)(F)F)c3)CC1)CCCC2. The van der Waals surface area contributed by atoms with E-state index in [1.54, 1.807) is 10.6 Å². The van der Waals surface area contributed by atoms with E-state index in [2.05, 4.69) is 4.90 Å². The van der Waals surface area contributed by atoms with E-state index in [0.717, 1.165) is 75.4 Å². The van der Waals surface area contributed by atoms with Gasteiger partial charge in [0.2, 0.25) is 0 Å². The van der Waals surface area contributed by atoms with Crippen LogP contribution in [0, 0.1) is 0 Å². The lowest BCUT2D eigenvalue weighted by Crippen LogP contribution is -2.46. The van der Waals surface area contributed by atoms with Crippen molar-refractivity contribution < 1.29 is 23.4 Å². The minimum atomic E-state index is -4.32. The largest absolute Gasteiger partial charge is 0.494 e. The molecule has 2 N–H and O–H groups in total. The zero-order chi connectivity index (χ0) is 22.0. The highest BCUT2D eigenvalue weighted by Gasteiger charge is 2.31. The molecule has 1 aromatic heterocycles. The van der Waals surface area contributed by atoms with Crippen molar-refractivity contribution in [2.24, 2.45) is 0 Å². The lowest BCUT2D eigenvalue weighted by atomic mass is 9.95. The third-order valence-electron chi connectivity index (χ3n) is 6.54. The van der Waals surface area contributed by atoms with Crippen molar-refractivity contribution in [1.29, 1.82) is 0 Å². The molecule has 170 valence electrons. The van der Waals surface area contributed by atoms with E-state index in [0.29, 0.717) is 25.3 Å². The molecule has 0 bridgehead atoms. The van der Waals surface area contributed by atoms with Gasteiger partial charge in [-0.3, -0.25) is 9.47 Å². The second kappa shape index (κ2) is 9.02. The summed E-state index contributed by atoms with van der Waals surface area (Å²) in [5, 5.41) is 20.9. The van der Waals surface area contributed by atoms with Crippen LogP contribution >= 0.6 is 0 Å². The Hall–Kier alpha value is -2.35. The number of halogens is 3. The highest BCUT2D eigenvalue weighted by atomic mass is 19.4. The summed E-state index contributed by atoms with van der Waals surface area (Å²) in [6.07, 6.45) is 1.23. The molecule has 0 unspecified atom stereocenters. The van der Waals surface area contributed by atoms with Crippen LogP contribution < -0.4 is 4.90 Å². The molecular formula is C23H30F3N3O2. The van der Waals surface area contributed by atoms with Gasteiger partial charge in [0.15, 0.2) is 11.8 Å². The van der Waals surface area contributed by atoms with E-state index < -0.39 is 11.7 Å². The molecule has 0 saturated carbocycles. The van der Waals surface area contributed by atoms with E-state index >= 15 is 0 Å². The molecular weight excluding hydrogens is 407 g/mol. The fourth-order valence-electron chi connectivity index (χ4n) is 4.75. The second-order valence-electron chi connectivity index (χ2n) is 8.55. The maximum Gasteiger partial charge on any atom is 0.416 e. The standard InChI is InChI=1S/C23H30F3N3O2/c24-23(25,26)17-6-5-7-18(16-17)28-14-12-27(13-15-28)10-3-4-11-29-21(30)19-8-1-2-9-20(19)22(29)31/h5-7,16,30-31H,1-4,8-15H2. The number of aromatic nitrogens is 1. The minimum absolute atomic E-state index is 0.224. The summed E-state index contributed by atoms with van der Waals surface area (Å²) in [7, 11) is 0. The van der Waals surface area contributed by atoms with Crippen molar-refractivity contribution >= 4 is 5.69 Å². The maximum absolute atomic E-state index is 12.9. The Labute approximate surface area is 180 Å².